The zero-order chi connectivity index (χ0) is 14.4. The second-order valence-electron chi connectivity index (χ2n) is 6.14. The van der Waals surface area contributed by atoms with Crippen LogP contribution in [-0.4, -0.2) is 36.1 Å². The summed E-state index contributed by atoms with van der Waals surface area (Å²) in [6.45, 7) is 9.99. The van der Waals surface area contributed by atoms with Crippen LogP contribution in [-0.2, 0) is 6.42 Å². The van der Waals surface area contributed by atoms with Crippen molar-refractivity contribution in [3.05, 3.63) is 48.0 Å². The molecule has 0 amide bonds. The molecule has 2 rings (SSSR count). The maximum atomic E-state index is 3.76. The molecule has 2 unspecified atom stereocenters. The molecule has 1 aromatic carbocycles. The standard InChI is InChI=1S/C18H28N2/c1-4-6-12-20-15-18(3,5-2)19-14-17(20)13-16-10-8-7-9-11-16/h4,6-11,17,19H,5,12-15H2,1-3H3/b6-4+. The second-order valence-corrected chi connectivity index (χ2v) is 6.14. The molecule has 0 aliphatic carbocycles. The van der Waals surface area contributed by atoms with Crippen LogP contribution < -0.4 is 5.32 Å². The summed E-state index contributed by atoms with van der Waals surface area (Å²) in [7, 11) is 0. The lowest BCUT2D eigenvalue weighted by Gasteiger charge is -2.46. The fraction of sp³-hybridized carbons (Fsp3) is 0.556. The predicted molar refractivity (Wildman–Crippen MR) is 87.0 cm³/mol. The molecular weight excluding hydrogens is 244 g/mol. The van der Waals surface area contributed by atoms with Gasteiger partial charge in [-0.3, -0.25) is 4.90 Å². The number of nitrogens with zero attached hydrogens (tertiary/aromatic N) is 1. The van der Waals surface area contributed by atoms with Gasteiger partial charge in [0.15, 0.2) is 0 Å². The molecule has 2 atom stereocenters. The minimum absolute atomic E-state index is 0.259. The highest BCUT2D eigenvalue weighted by atomic mass is 15.2. The summed E-state index contributed by atoms with van der Waals surface area (Å²) in [4.78, 5) is 2.63. The summed E-state index contributed by atoms with van der Waals surface area (Å²) in [6.07, 6.45) is 6.74. The molecule has 2 heteroatoms. The topological polar surface area (TPSA) is 15.3 Å². The first-order chi connectivity index (χ1) is 9.67. The van der Waals surface area contributed by atoms with Gasteiger partial charge in [-0.25, -0.2) is 0 Å². The van der Waals surface area contributed by atoms with Gasteiger partial charge in [-0.2, -0.15) is 0 Å². The molecule has 1 aromatic rings. The summed E-state index contributed by atoms with van der Waals surface area (Å²) in [6, 6.07) is 11.4. The van der Waals surface area contributed by atoms with Crippen molar-refractivity contribution in [2.45, 2.75) is 45.2 Å². The Morgan fingerprint density at radius 1 is 1.35 bits per heavy atom. The summed E-state index contributed by atoms with van der Waals surface area (Å²) < 4.78 is 0. The zero-order valence-electron chi connectivity index (χ0n) is 13.1. The molecule has 0 bridgehead atoms. The number of hydrogen-bond acceptors (Lipinski definition) is 2. The number of allylic oxidation sites excluding steroid dienone is 1. The highest BCUT2D eigenvalue weighted by Gasteiger charge is 2.33. The van der Waals surface area contributed by atoms with E-state index >= 15 is 0 Å². The van der Waals surface area contributed by atoms with Crippen LogP contribution in [0.15, 0.2) is 42.5 Å². The number of hydrogen-bond donors (Lipinski definition) is 1. The average molecular weight is 272 g/mol. The van der Waals surface area contributed by atoms with Crippen LogP contribution in [0.1, 0.15) is 32.8 Å². The van der Waals surface area contributed by atoms with Gasteiger partial charge in [-0.1, -0.05) is 49.4 Å². The summed E-state index contributed by atoms with van der Waals surface area (Å²) in [5.41, 5.74) is 1.69. The minimum Gasteiger partial charge on any atom is -0.309 e. The highest BCUT2D eigenvalue weighted by Crippen LogP contribution is 2.21. The number of benzene rings is 1. The van der Waals surface area contributed by atoms with Crippen LogP contribution >= 0.6 is 0 Å². The summed E-state index contributed by atoms with van der Waals surface area (Å²) in [5.74, 6) is 0. The highest BCUT2D eigenvalue weighted by molar-refractivity contribution is 5.17. The van der Waals surface area contributed by atoms with Gasteiger partial charge in [-0.05, 0) is 32.3 Å². The maximum absolute atomic E-state index is 3.76. The molecular formula is C18H28N2. The third-order valence-electron chi connectivity index (χ3n) is 4.50. The Balaban J connectivity index is 2.06. The van der Waals surface area contributed by atoms with E-state index in [-0.39, 0.29) is 5.54 Å². The van der Waals surface area contributed by atoms with Crippen LogP contribution in [0, 0.1) is 0 Å². The third-order valence-corrected chi connectivity index (χ3v) is 4.50. The van der Waals surface area contributed by atoms with E-state index in [2.05, 4.69) is 73.5 Å². The van der Waals surface area contributed by atoms with E-state index in [0.29, 0.717) is 6.04 Å². The van der Waals surface area contributed by atoms with Crippen molar-refractivity contribution in [2.24, 2.45) is 0 Å². The summed E-state index contributed by atoms with van der Waals surface area (Å²) in [5, 5.41) is 3.76. The quantitative estimate of drug-likeness (QED) is 0.828. The van der Waals surface area contributed by atoms with Crippen molar-refractivity contribution in [1.29, 1.82) is 0 Å². The lowest BCUT2D eigenvalue weighted by Crippen LogP contribution is -2.63. The molecule has 1 fully saturated rings. The molecule has 0 radical (unpaired) electrons. The lowest BCUT2D eigenvalue weighted by molar-refractivity contribution is 0.0954. The van der Waals surface area contributed by atoms with Crippen molar-refractivity contribution in [2.75, 3.05) is 19.6 Å². The summed E-state index contributed by atoms with van der Waals surface area (Å²) >= 11 is 0. The molecule has 1 heterocycles. The largest absolute Gasteiger partial charge is 0.309 e. The van der Waals surface area contributed by atoms with Crippen molar-refractivity contribution in [1.82, 2.24) is 10.2 Å². The van der Waals surface area contributed by atoms with E-state index in [1.165, 1.54) is 12.0 Å². The second kappa shape index (κ2) is 7.05. The van der Waals surface area contributed by atoms with Crippen molar-refractivity contribution in [3.63, 3.8) is 0 Å². The first-order valence-corrected chi connectivity index (χ1v) is 7.81. The number of piperazine rings is 1. The van der Waals surface area contributed by atoms with E-state index < -0.39 is 0 Å². The van der Waals surface area contributed by atoms with Gasteiger partial charge in [0.25, 0.3) is 0 Å². The molecule has 0 aromatic heterocycles. The SMILES string of the molecule is C/C=C/CN1CC(C)(CC)NCC1Cc1ccccc1. The van der Waals surface area contributed by atoms with Gasteiger partial charge in [0, 0.05) is 31.2 Å². The Bertz CT molecular complexity index is 426. The van der Waals surface area contributed by atoms with Gasteiger partial charge in [-0.15, -0.1) is 0 Å². The van der Waals surface area contributed by atoms with Crippen LogP contribution in [0.25, 0.3) is 0 Å². The monoisotopic (exact) mass is 272 g/mol. The van der Waals surface area contributed by atoms with Crippen LogP contribution in [0.3, 0.4) is 0 Å². The first kappa shape index (κ1) is 15.3. The molecule has 0 saturated carbocycles. The fourth-order valence-electron chi connectivity index (χ4n) is 2.91. The van der Waals surface area contributed by atoms with Gasteiger partial charge in [0.05, 0.1) is 0 Å². The van der Waals surface area contributed by atoms with Gasteiger partial charge < -0.3 is 5.32 Å². The van der Waals surface area contributed by atoms with Gasteiger partial charge in [0.1, 0.15) is 0 Å². The Morgan fingerprint density at radius 2 is 2.10 bits per heavy atom. The fourth-order valence-corrected chi connectivity index (χ4v) is 2.91. The molecule has 2 nitrogen and oxygen atoms in total. The lowest BCUT2D eigenvalue weighted by atomic mass is 9.91. The van der Waals surface area contributed by atoms with Crippen molar-refractivity contribution >= 4 is 0 Å². The van der Waals surface area contributed by atoms with E-state index in [0.717, 1.165) is 26.1 Å². The Labute approximate surface area is 123 Å². The van der Waals surface area contributed by atoms with Gasteiger partial charge in [0.2, 0.25) is 0 Å². The molecule has 20 heavy (non-hydrogen) atoms. The predicted octanol–water partition coefficient (Wildman–Crippen LogP) is 3.25. The Morgan fingerprint density at radius 3 is 2.75 bits per heavy atom. The Hall–Kier alpha value is -1.12. The van der Waals surface area contributed by atoms with E-state index in [9.17, 15) is 0 Å². The van der Waals surface area contributed by atoms with Crippen LogP contribution in [0.2, 0.25) is 0 Å². The molecule has 0 spiro atoms. The first-order valence-electron chi connectivity index (χ1n) is 7.81. The minimum atomic E-state index is 0.259. The van der Waals surface area contributed by atoms with Crippen LogP contribution in [0.4, 0.5) is 0 Å². The van der Waals surface area contributed by atoms with E-state index in [1.807, 2.05) is 0 Å². The Kier molecular flexibility index (Phi) is 5.38. The average Bonchev–Trinajstić information content (AvgIpc) is 2.49. The third kappa shape index (κ3) is 3.94. The zero-order valence-corrected chi connectivity index (χ0v) is 13.1. The molecule has 1 aliphatic rings. The normalized spacial score (nSPS) is 28.1. The van der Waals surface area contributed by atoms with Crippen molar-refractivity contribution in [3.8, 4) is 0 Å². The van der Waals surface area contributed by atoms with E-state index in [4.69, 9.17) is 0 Å². The molecule has 110 valence electrons. The number of nitrogens with one attached hydrogen (secondary N) is 1. The number of rotatable bonds is 5. The van der Waals surface area contributed by atoms with Gasteiger partial charge >= 0.3 is 0 Å². The maximum Gasteiger partial charge on any atom is 0.0278 e. The molecule has 1 N–H and O–H groups in total. The van der Waals surface area contributed by atoms with Crippen LogP contribution in [0.5, 0.6) is 0 Å². The van der Waals surface area contributed by atoms with E-state index in [1.54, 1.807) is 0 Å². The smallest absolute Gasteiger partial charge is 0.0278 e. The molecule has 1 aliphatic heterocycles. The van der Waals surface area contributed by atoms with Crippen molar-refractivity contribution < 1.29 is 0 Å². The molecule has 1 saturated heterocycles.